The molecule has 0 saturated carbocycles. The van der Waals surface area contributed by atoms with Gasteiger partial charge in [0.1, 0.15) is 23.5 Å². The van der Waals surface area contributed by atoms with Crippen molar-refractivity contribution in [1.29, 1.82) is 0 Å². The molecule has 26 heavy (non-hydrogen) atoms. The van der Waals surface area contributed by atoms with Crippen LogP contribution in [0.25, 0.3) is 15.9 Å². The van der Waals surface area contributed by atoms with E-state index >= 15 is 0 Å². The van der Waals surface area contributed by atoms with Crippen LogP contribution in [0.5, 0.6) is 0 Å². The zero-order chi connectivity index (χ0) is 18.4. The van der Waals surface area contributed by atoms with Crippen LogP contribution in [-0.4, -0.2) is 25.1 Å². The standard InChI is InChI=1S/C17H14FN5O2S/c1-9-10(2)26-16-14(9)15-21-23(17(25)22(15)8-19-16)7-13(24)20-12-6-4-3-5-11(12)18/h3-6,8H,7H2,1-2H3,(H,20,24). The van der Waals surface area contributed by atoms with Gasteiger partial charge in [-0.05, 0) is 31.5 Å². The first-order valence-corrected chi connectivity index (χ1v) is 8.65. The van der Waals surface area contributed by atoms with Crippen molar-refractivity contribution in [2.45, 2.75) is 20.4 Å². The highest BCUT2D eigenvalue weighted by molar-refractivity contribution is 7.18. The summed E-state index contributed by atoms with van der Waals surface area (Å²) in [6, 6.07) is 5.84. The summed E-state index contributed by atoms with van der Waals surface area (Å²) in [6.07, 6.45) is 1.41. The van der Waals surface area contributed by atoms with E-state index in [1.807, 2.05) is 13.8 Å². The van der Waals surface area contributed by atoms with Gasteiger partial charge in [-0.25, -0.2) is 23.3 Å². The summed E-state index contributed by atoms with van der Waals surface area (Å²) in [5.41, 5.74) is 1.06. The molecule has 3 heterocycles. The van der Waals surface area contributed by atoms with Gasteiger partial charge in [0.2, 0.25) is 5.91 Å². The molecule has 3 aromatic heterocycles. The molecule has 1 aromatic carbocycles. The highest BCUT2D eigenvalue weighted by Gasteiger charge is 2.17. The van der Waals surface area contributed by atoms with Crippen molar-refractivity contribution in [2.75, 3.05) is 5.32 Å². The summed E-state index contributed by atoms with van der Waals surface area (Å²) in [6.45, 7) is 3.61. The van der Waals surface area contributed by atoms with Crippen molar-refractivity contribution in [3.63, 3.8) is 0 Å². The Bertz CT molecular complexity index is 1220. The maximum absolute atomic E-state index is 13.6. The van der Waals surface area contributed by atoms with Gasteiger partial charge >= 0.3 is 5.69 Å². The predicted octanol–water partition coefficient (Wildman–Crippen LogP) is 2.50. The van der Waals surface area contributed by atoms with E-state index in [1.54, 1.807) is 6.07 Å². The van der Waals surface area contributed by atoms with Crippen molar-refractivity contribution in [3.05, 3.63) is 57.3 Å². The quantitative estimate of drug-likeness (QED) is 0.600. The van der Waals surface area contributed by atoms with Crippen molar-refractivity contribution in [3.8, 4) is 0 Å². The normalized spacial score (nSPS) is 11.3. The van der Waals surface area contributed by atoms with Crippen LogP contribution in [0.1, 0.15) is 10.4 Å². The zero-order valence-electron chi connectivity index (χ0n) is 14.0. The number of thiophene rings is 1. The number of nitrogens with one attached hydrogen (secondary N) is 1. The fraction of sp³-hybridized carbons (Fsp3) is 0.176. The first-order chi connectivity index (χ1) is 12.5. The molecule has 0 fully saturated rings. The average Bonchev–Trinajstić information content (AvgIpc) is 3.07. The maximum atomic E-state index is 13.6. The molecule has 0 aliphatic heterocycles. The third-order valence-electron chi connectivity index (χ3n) is 4.19. The van der Waals surface area contributed by atoms with Crippen LogP contribution in [0.3, 0.4) is 0 Å². The Kier molecular flexibility index (Phi) is 3.80. The van der Waals surface area contributed by atoms with Gasteiger partial charge in [0.15, 0.2) is 5.65 Å². The molecule has 1 N–H and O–H groups in total. The highest BCUT2D eigenvalue weighted by Crippen LogP contribution is 2.30. The number of aromatic nitrogens is 4. The Hall–Kier alpha value is -3.07. The molecule has 0 bridgehead atoms. The molecule has 7 nitrogen and oxygen atoms in total. The number of rotatable bonds is 3. The fourth-order valence-corrected chi connectivity index (χ4v) is 3.75. The number of hydrogen-bond donors (Lipinski definition) is 1. The number of anilines is 1. The molecule has 0 atom stereocenters. The van der Waals surface area contributed by atoms with Gasteiger partial charge < -0.3 is 5.32 Å². The molecular weight excluding hydrogens is 357 g/mol. The van der Waals surface area contributed by atoms with Gasteiger partial charge in [0.25, 0.3) is 0 Å². The van der Waals surface area contributed by atoms with E-state index in [2.05, 4.69) is 15.4 Å². The van der Waals surface area contributed by atoms with Crippen molar-refractivity contribution >= 4 is 38.8 Å². The third kappa shape index (κ3) is 2.57. The number of carbonyl (C=O) groups is 1. The van der Waals surface area contributed by atoms with Crippen LogP contribution in [0.2, 0.25) is 0 Å². The van der Waals surface area contributed by atoms with Crippen LogP contribution in [0, 0.1) is 19.7 Å². The first kappa shape index (κ1) is 16.4. The summed E-state index contributed by atoms with van der Waals surface area (Å²) in [5, 5.41) is 7.55. The van der Waals surface area contributed by atoms with Crippen molar-refractivity contribution in [2.24, 2.45) is 0 Å². The monoisotopic (exact) mass is 371 g/mol. The maximum Gasteiger partial charge on any atom is 0.352 e. The number of carbonyl (C=O) groups excluding carboxylic acids is 1. The van der Waals surface area contributed by atoms with E-state index in [-0.39, 0.29) is 12.2 Å². The molecule has 0 saturated heterocycles. The van der Waals surface area contributed by atoms with E-state index < -0.39 is 17.4 Å². The van der Waals surface area contributed by atoms with Crippen LogP contribution in [0.4, 0.5) is 10.1 Å². The summed E-state index contributed by atoms with van der Waals surface area (Å²) in [5.74, 6) is -1.08. The van der Waals surface area contributed by atoms with Crippen molar-refractivity contribution < 1.29 is 9.18 Å². The molecule has 0 aliphatic carbocycles. The lowest BCUT2D eigenvalue weighted by molar-refractivity contribution is -0.117. The lowest BCUT2D eigenvalue weighted by atomic mass is 10.2. The Balaban J connectivity index is 1.72. The second-order valence-electron chi connectivity index (χ2n) is 5.87. The summed E-state index contributed by atoms with van der Waals surface area (Å²) >= 11 is 1.53. The number of amides is 1. The second-order valence-corrected chi connectivity index (χ2v) is 7.07. The number of aryl methyl sites for hydroxylation is 2. The van der Waals surface area contributed by atoms with Crippen LogP contribution >= 0.6 is 11.3 Å². The number of benzene rings is 1. The summed E-state index contributed by atoms with van der Waals surface area (Å²) in [7, 11) is 0. The topological polar surface area (TPSA) is 81.3 Å². The number of halogens is 1. The second kappa shape index (κ2) is 6.03. The van der Waals surface area contributed by atoms with E-state index in [1.165, 1.54) is 40.3 Å². The lowest BCUT2D eigenvalue weighted by Gasteiger charge is -2.05. The molecule has 4 aromatic rings. The fourth-order valence-electron chi connectivity index (χ4n) is 2.76. The Labute approximate surface area is 150 Å². The van der Waals surface area contributed by atoms with Gasteiger partial charge in [-0.3, -0.25) is 4.79 Å². The van der Waals surface area contributed by atoms with Gasteiger partial charge in [-0.2, -0.15) is 0 Å². The molecule has 0 spiro atoms. The van der Waals surface area contributed by atoms with Crippen LogP contribution in [-0.2, 0) is 11.3 Å². The minimum Gasteiger partial charge on any atom is -0.322 e. The first-order valence-electron chi connectivity index (χ1n) is 7.84. The van der Waals surface area contributed by atoms with E-state index in [0.29, 0.717) is 5.65 Å². The molecule has 0 aliphatic rings. The molecule has 1 amide bonds. The molecule has 0 radical (unpaired) electrons. The smallest absolute Gasteiger partial charge is 0.322 e. The molecule has 4 rings (SSSR count). The average molecular weight is 371 g/mol. The van der Waals surface area contributed by atoms with Gasteiger partial charge in [0.05, 0.1) is 11.1 Å². The Morgan fingerprint density at radius 2 is 2.08 bits per heavy atom. The predicted molar refractivity (Wildman–Crippen MR) is 97.1 cm³/mol. The van der Waals surface area contributed by atoms with Crippen LogP contribution in [0.15, 0.2) is 35.4 Å². The van der Waals surface area contributed by atoms with Gasteiger partial charge in [-0.15, -0.1) is 16.4 Å². The zero-order valence-corrected chi connectivity index (χ0v) is 14.8. The SMILES string of the molecule is Cc1sc2ncn3c(=O)n(CC(=O)Nc4ccccc4F)nc3c2c1C. The molecular formula is C17H14FN5O2S. The minimum absolute atomic E-state index is 0.0580. The third-order valence-corrected chi connectivity index (χ3v) is 5.31. The molecule has 132 valence electrons. The van der Waals surface area contributed by atoms with E-state index in [4.69, 9.17) is 0 Å². The number of para-hydroxylation sites is 1. The number of nitrogens with zero attached hydrogens (tertiary/aromatic N) is 4. The summed E-state index contributed by atoms with van der Waals surface area (Å²) in [4.78, 5) is 30.9. The van der Waals surface area contributed by atoms with E-state index in [9.17, 15) is 14.0 Å². The van der Waals surface area contributed by atoms with Crippen molar-refractivity contribution in [1.82, 2.24) is 19.2 Å². The van der Waals surface area contributed by atoms with E-state index in [0.717, 1.165) is 25.3 Å². The number of fused-ring (bicyclic) bond motifs is 3. The highest BCUT2D eigenvalue weighted by atomic mass is 32.1. The summed E-state index contributed by atoms with van der Waals surface area (Å²) < 4.78 is 16.0. The lowest BCUT2D eigenvalue weighted by Crippen LogP contribution is -2.28. The molecule has 9 heteroatoms. The Morgan fingerprint density at radius 3 is 2.85 bits per heavy atom. The minimum atomic E-state index is -0.543. The molecule has 0 unspecified atom stereocenters. The number of hydrogen-bond acceptors (Lipinski definition) is 5. The van der Waals surface area contributed by atoms with Crippen LogP contribution < -0.4 is 11.0 Å². The largest absolute Gasteiger partial charge is 0.352 e. The Morgan fingerprint density at radius 1 is 1.31 bits per heavy atom. The van der Waals surface area contributed by atoms with Gasteiger partial charge in [0, 0.05) is 4.88 Å². The van der Waals surface area contributed by atoms with Gasteiger partial charge in [-0.1, -0.05) is 12.1 Å².